The van der Waals surface area contributed by atoms with Gasteiger partial charge in [0.05, 0.1) is 5.41 Å². The number of nitrogens with zero attached hydrogens (tertiary/aromatic N) is 6. The van der Waals surface area contributed by atoms with Crippen LogP contribution in [0.3, 0.4) is 0 Å². The minimum absolute atomic E-state index is 0.498. The fourth-order valence-corrected chi connectivity index (χ4v) is 9.55. The average Bonchev–Trinajstić information content (AvgIpc) is 3.72. The number of hydrogen-bond donors (Lipinski definition) is 0. The SMILES string of the molecule is c1ccc(-c2nc(-c3ccccc3)nc(-c3cccc(-c4cccc(-c5nc(-c6ccccc6)nc(-c6ccc7c(c6)-c6ccccc6C7(c6ccccc6)c6ccccc6)n5)c4)c3)n2)cc1. The van der Waals surface area contributed by atoms with Crippen molar-refractivity contribution in [3.63, 3.8) is 0 Å². The maximum Gasteiger partial charge on any atom is 0.164 e. The van der Waals surface area contributed by atoms with Crippen LogP contribution in [0.1, 0.15) is 22.3 Å². The lowest BCUT2D eigenvalue weighted by Crippen LogP contribution is -2.28. The molecule has 0 amide bonds. The molecule has 9 aromatic carbocycles. The third-order valence-electron chi connectivity index (χ3n) is 12.7. The molecule has 0 aliphatic heterocycles. The van der Waals surface area contributed by atoms with E-state index < -0.39 is 5.41 Å². The van der Waals surface area contributed by atoms with Gasteiger partial charge >= 0.3 is 0 Å². The number of rotatable bonds is 9. The first-order valence-electron chi connectivity index (χ1n) is 22.4. The molecule has 0 fully saturated rings. The summed E-state index contributed by atoms with van der Waals surface area (Å²) in [7, 11) is 0. The summed E-state index contributed by atoms with van der Waals surface area (Å²) < 4.78 is 0. The van der Waals surface area contributed by atoms with Gasteiger partial charge in [0.25, 0.3) is 0 Å². The second kappa shape index (κ2) is 16.8. The molecule has 2 heterocycles. The zero-order valence-corrected chi connectivity index (χ0v) is 36.3. The molecule has 0 bridgehead atoms. The molecule has 314 valence electrons. The molecule has 1 aliphatic carbocycles. The summed E-state index contributed by atoms with van der Waals surface area (Å²) in [6, 6.07) is 84.2. The average molecular weight is 857 g/mol. The van der Waals surface area contributed by atoms with Gasteiger partial charge in [0, 0.05) is 33.4 Å². The molecule has 0 unspecified atom stereocenters. The molecule has 0 spiro atoms. The molecular formula is C61H40N6. The van der Waals surface area contributed by atoms with E-state index in [-0.39, 0.29) is 0 Å². The van der Waals surface area contributed by atoms with E-state index in [4.69, 9.17) is 29.9 Å². The quantitative estimate of drug-likeness (QED) is 0.144. The van der Waals surface area contributed by atoms with Gasteiger partial charge < -0.3 is 0 Å². The minimum Gasteiger partial charge on any atom is -0.208 e. The zero-order valence-electron chi connectivity index (χ0n) is 36.3. The van der Waals surface area contributed by atoms with Crippen LogP contribution in [0.4, 0.5) is 0 Å². The molecule has 1 aliphatic rings. The molecule has 67 heavy (non-hydrogen) atoms. The first-order chi connectivity index (χ1) is 33.2. The van der Waals surface area contributed by atoms with Gasteiger partial charge in [0.15, 0.2) is 34.9 Å². The summed E-state index contributed by atoms with van der Waals surface area (Å²) in [6.07, 6.45) is 0. The number of hydrogen-bond acceptors (Lipinski definition) is 6. The molecular weight excluding hydrogens is 817 g/mol. The summed E-state index contributed by atoms with van der Waals surface area (Å²) in [4.78, 5) is 30.5. The van der Waals surface area contributed by atoms with E-state index in [1.165, 1.54) is 27.8 Å². The van der Waals surface area contributed by atoms with Crippen LogP contribution in [-0.2, 0) is 5.41 Å². The summed E-state index contributed by atoms with van der Waals surface area (Å²) in [5.74, 6) is 3.64. The second-order valence-electron chi connectivity index (χ2n) is 16.7. The highest BCUT2D eigenvalue weighted by atomic mass is 15.0. The highest BCUT2D eigenvalue weighted by molar-refractivity contribution is 5.88. The third-order valence-corrected chi connectivity index (χ3v) is 12.7. The summed E-state index contributed by atoms with van der Waals surface area (Å²) in [5.41, 5.74) is 14.3. The second-order valence-corrected chi connectivity index (χ2v) is 16.7. The van der Waals surface area contributed by atoms with Crippen molar-refractivity contribution >= 4 is 0 Å². The Hall–Kier alpha value is -9.00. The van der Waals surface area contributed by atoms with E-state index in [0.29, 0.717) is 34.9 Å². The van der Waals surface area contributed by atoms with Crippen LogP contribution in [0.2, 0.25) is 0 Å². The van der Waals surface area contributed by atoms with E-state index in [1.54, 1.807) is 0 Å². The number of benzene rings is 9. The van der Waals surface area contributed by atoms with E-state index >= 15 is 0 Å². The fraction of sp³-hybridized carbons (Fsp3) is 0.0164. The van der Waals surface area contributed by atoms with Crippen molar-refractivity contribution in [3.05, 3.63) is 265 Å². The Labute approximate surface area is 389 Å². The lowest BCUT2D eigenvalue weighted by molar-refractivity contribution is 0.768. The Kier molecular flexibility index (Phi) is 9.95. The van der Waals surface area contributed by atoms with Crippen LogP contribution in [0.5, 0.6) is 0 Å². The topological polar surface area (TPSA) is 77.3 Å². The number of fused-ring (bicyclic) bond motifs is 3. The normalized spacial score (nSPS) is 12.3. The predicted octanol–water partition coefficient (Wildman–Crippen LogP) is 14.1. The van der Waals surface area contributed by atoms with Gasteiger partial charge in [-0.1, -0.05) is 224 Å². The fourth-order valence-electron chi connectivity index (χ4n) is 9.55. The molecule has 0 saturated carbocycles. The maximum atomic E-state index is 5.26. The van der Waals surface area contributed by atoms with Crippen LogP contribution in [0, 0.1) is 0 Å². The molecule has 12 rings (SSSR count). The molecule has 0 atom stereocenters. The smallest absolute Gasteiger partial charge is 0.164 e. The van der Waals surface area contributed by atoms with Crippen molar-refractivity contribution in [1.29, 1.82) is 0 Å². The predicted molar refractivity (Wildman–Crippen MR) is 269 cm³/mol. The summed E-state index contributed by atoms with van der Waals surface area (Å²) in [6.45, 7) is 0. The Morgan fingerprint density at radius 2 is 0.522 bits per heavy atom. The van der Waals surface area contributed by atoms with E-state index in [9.17, 15) is 0 Å². The van der Waals surface area contributed by atoms with Crippen molar-refractivity contribution < 1.29 is 0 Å². The third kappa shape index (κ3) is 7.18. The molecule has 0 radical (unpaired) electrons. The van der Waals surface area contributed by atoms with Gasteiger partial charge in [0.2, 0.25) is 0 Å². The Bertz CT molecular complexity index is 3470. The molecule has 2 aromatic heterocycles. The highest BCUT2D eigenvalue weighted by Gasteiger charge is 2.46. The van der Waals surface area contributed by atoms with Crippen molar-refractivity contribution in [1.82, 2.24) is 29.9 Å². The van der Waals surface area contributed by atoms with Crippen LogP contribution >= 0.6 is 0 Å². The van der Waals surface area contributed by atoms with Gasteiger partial charge in [-0.05, 0) is 62.7 Å². The molecule has 0 N–H and O–H groups in total. The van der Waals surface area contributed by atoms with Crippen molar-refractivity contribution in [2.75, 3.05) is 0 Å². The van der Waals surface area contributed by atoms with E-state index in [0.717, 1.165) is 50.1 Å². The van der Waals surface area contributed by atoms with Gasteiger partial charge in [-0.15, -0.1) is 0 Å². The maximum absolute atomic E-state index is 5.26. The van der Waals surface area contributed by atoms with E-state index in [1.807, 2.05) is 91.0 Å². The van der Waals surface area contributed by atoms with Gasteiger partial charge in [-0.2, -0.15) is 0 Å². The minimum atomic E-state index is -0.498. The van der Waals surface area contributed by atoms with Crippen LogP contribution in [0.15, 0.2) is 243 Å². The van der Waals surface area contributed by atoms with E-state index in [2.05, 4.69) is 152 Å². The zero-order chi connectivity index (χ0) is 44.6. The monoisotopic (exact) mass is 856 g/mol. The van der Waals surface area contributed by atoms with Crippen LogP contribution in [0.25, 0.3) is 90.6 Å². The lowest BCUT2D eigenvalue weighted by Gasteiger charge is -2.33. The highest BCUT2D eigenvalue weighted by Crippen LogP contribution is 2.56. The number of aromatic nitrogens is 6. The van der Waals surface area contributed by atoms with Gasteiger partial charge in [-0.3, -0.25) is 0 Å². The van der Waals surface area contributed by atoms with Crippen molar-refractivity contribution in [3.8, 4) is 90.6 Å². The van der Waals surface area contributed by atoms with Gasteiger partial charge in [0.1, 0.15) is 0 Å². The first kappa shape index (κ1) is 39.6. The van der Waals surface area contributed by atoms with Crippen LogP contribution < -0.4 is 0 Å². The summed E-state index contributed by atoms with van der Waals surface area (Å²) in [5, 5.41) is 0. The Balaban J connectivity index is 0.967. The molecule has 0 saturated heterocycles. The van der Waals surface area contributed by atoms with Crippen molar-refractivity contribution in [2.45, 2.75) is 5.41 Å². The Morgan fingerprint density at radius 1 is 0.209 bits per heavy atom. The molecule has 6 nitrogen and oxygen atoms in total. The standard InChI is InChI=1S/C61H40N6/c1-6-20-41(21-7-1)55-62-56(42-22-8-2-9-23-42)64-58(63-55)46-28-18-26-44(38-46)45-27-19-29-47(39-45)59-65-57(43-24-10-3-11-25-43)66-60(67-59)48-36-37-54-52(40-48)51-34-16-17-35-53(51)61(54,49-30-12-4-13-31-49)50-32-14-5-15-33-50/h1-40H. The van der Waals surface area contributed by atoms with Gasteiger partial charge in [-0.25, -0.2) is 29.9 Å². The molecule has 11 aromatic rings. The largest absolute Gasteiger partial charge is 0.208 e. The lowest BCUT2D eigenvalue weighted by atomic mass is 9.67. The van der Waals surface area contributed by atoms with Crippen molar-refractivity contribution in [2.24, 2.45) is 0 Å². The Morgan fingerprint density at radius 3 is 0.955 bits per heavy atom. The molecule has 6 heteroatoms. The summed E-state index contributed by atoms with van der Waals surface area (Å²) >= 11 is 0. The van der Waals surface area contributed by atoms with Crippen LogP contribution in [-0.4, -0.2) is 29.9 Å². The first-order valence-corrected chi connectivity index (χ1v) is 22.4.